The van der Waals surface area contributed by atoms with Crippen molar-refractivity contribution in [2.45, 2.75) is 45.6 Å². The second kappa shape index (κ2) is 5.34. The monoisotopic (exact) mass is 306 g/mol. The minimum absolute atomic E-state index is 0.0864. The lowest BCUT2D eigenvalue weighted by Gasteiger charge is -2.24. The van der Waals surface area contributed by atoms with E-state index in [9.17, 15) is 8.42 Å². The van der Waals surface area contributed by atoms with Gasteiger partial charge in [0, 0.05) is 29.0 Å². The molecule has 1 aromatic heterocycles. The van der Waals surface area contributed by atoms with Gasteiger partial charge in [0.1, 0.15) is 5.82 Å². The van der Waals surface area contributed by atoms with Crippen molar-refractivity contribution in [3.8, 4) is 0 Å². The van der Waals surface area contributed by atoms with E-state index in [0.717, 1.165) is 12.1 Å². The quantitative estimate of drug-likeness (QED) is 0.863. The zero-order chi connectivity index (χ0) is 14.9. The molecule has 0 aliphatic heterocycles. The van der Waals surface area contributed by atoms with E-state index in [2.05, 4.69) is 19.4 Å². The molecule has 0 aliphatic rings. The van der Waals surface area contributed by atoms with E-state index in [-0.39, 0.29) is 5.41 Å². The Morgan fingerprint density at radius 2 is 1.79 bits per heavy atom. The second-order valence-electron chi connectivity index (χ2n) is 6.28. The van der Waals surface area contributed by atoms with Gasteiger partial charge in [0.25, 0.3) is 0 Å². The minimum Gasteiger partial charge on any atom is -0.358 e. The molecular weight excluding hydrogens is 284 g/mol. The summed E-state index contributed by atoms with van der Waals surface area (Å²) in [5.41, 5.74) is -0.669. The van der Waals surface area contributed by atoms with E-state index in [1.807, 2.05) is 34.6 Å². The van der Waals surface area contributed by atoms with E-state index < -0.39 is 15.6 Å². The lowest BCUT2D eigenvalue weighted by Crippen LogP contribution is -2.47. The van der Waals surface area contributed by atoms with Gasteiger partial charge in [0.15, 0.2) is 0 Å². The fourth-order valence-corrected chi connectivity index (χ4v) is 3.26. The number of nitrogens with zero attached hydrogens (tertiary/aromatic N) is 2. The molecule has 0 atom stereocenters. The van der Waals surface area contributed by atoms with Gasteiger partial charge in [-0.1, -0.05) is 20.8 Å². The molecular formula is C11H22N4O2S2. The van der Waals surface area contributed by atoms with Crippen molar-refractivity contribution in [1.29, 1.82) is 0 Å². The third kappa shape index (κ3) is 5.84. The van der Waals surface area contributed by atoms with Crippen LogP contribution < -0.4 is 10.0 Å². The standard InChI is InChI=1S/C11H22N4O2S2/c1-10(2,3)8-13-9(18-14-8)12-7-11(4,5)15-19(6,16)17/h15H,7H2,1-6H3,(H,12,13,14). The molecule has 6 nitrogen and oxygen atoms in total. The number of aromatic nitrogens is 2. The molecule has 1 aromatic rings. The summed E-state index contributed by atoms with van der Waals surface area (Å²) in [6, 6.07) is 0. The molecule has 0 radical (unpaired) electrons. The number of hydrogen-bond donors (Lipinski definition) is 2. The van der Waals surface area contributed by atoms with Gasteiger partial charge in [-0.25, -0.2) is 18.1 Å². The topological polar surface area (TPSA) is 84.0 Å². The molecule has 0 amide bonds. The first kappa shape index (κ1) is 16.3. The average molecular weight is 306 g/mol. The summed E-state index contributed by atoms with van der Waals surface area (Å²) in [6.07, 6.45) is 1.15. The van der Waals surface area contributed by atoms with Crippen molar-refractivity contribution < 1.29 is 8.42 Å². The van der Waals surface area contributed by atoms with Gasteiger partial charge in [-0.2, -0.15) is 4.37 Å². The van der Waals surface area contributed by atoms with Crippen LogP contribution in [0.15, 0.2) is 0 Å². The third-order valence-electron chi connectivity index (χ3n) is 2.24. The lowest BCUT2D eigenvalue weighted by molar-refractivity contribution is 0.476. The van der Waals surface area contributed by atoms with Gasteiger partial charge in [0.05, 0.1) is 6.26 Å². The van der Waals surface area contributed by atoms with E-state index >= 15 is 0 Å². The molecule has 1 rings (SSSR count). The molecule has 0 aromatic carbocycles. The summed E-state index contributed by atoms with van der Waals surface area (Å²) in [6.45, 7) is 10.2. The van der Waals surface area contributed by atoms with Gasteiger partial charge in [-0.05, 0) is 13.8 Å². The maximum absolute atomic E-state index is 11.2. The maximum Gasteiger partial charge on any atom is 0.209 e. The summed E-state index contributed by atoms with van der Waals surface area (Å²) >= 11 is 1.29. The van der Waals surface area contributed by atoms with Crippen LogP contribution in [0, 0.1) is 0 Å². The largest absolute Gasteiger partial charge is 0.358 e. The summed E-state index contributed by atoms with van der Waals surface area (Å²) in [5, 5.41) is 3.82. The van der Waals surface area contributed by atoms with Crippen LogP contribution in [0.2, 0.25) is 0 Å². The van der Waals surface area contributed by atoms with Gasteiger partial charge in [-0.15, -0.1) is 0 Å². The van der Waals surface area contributed by atoms with Crippen LogP contribution in [0.5, 0.6) is 0 Å². The lowest BCUT2D eigenvalue weighted by atomic mass is 9.96. The average Bonchev–Trinajstić information content (AvgIpc) is 2.58. The van der Waals surface area contributed by atoms with Crippen LogP contribution in [0.3, 0.4) is 0 Å². The number of sulfonamides is 1. The predicted octanol–water partition coefficient (Wildman–Crippen LogP) is 1.58. The van der Waals surface area contributed by atoms with Gasteiger partial charge < -0.3 is 5.32 Å². The van der Waals surface area contributed by atoms with Crippen LogP contribution in [-0.2, 0) is 15.4 Å². The highest BCUT2D eigenvalue weighted by molar-refractivity contribution is 7.88. The Labute approximate surface area is 119 Å². The SMILES string of the molecule is CC(C)(CNc1nc(C(C)(C)C)ns1)NS(C)(=O)=O. The number of nitrogens with one attached hydrogen (secondary N) is 2. The van der Waals surface area contributed by atoms with E-state index in [0.29, 0.717) is 11.7 Å². The smallest absolute Gasteiger partial charge is 0.209 e. The zero-order valence-corrected chi connectivity index (χ0v) is 13.9. The van der Waals surface area contributed by atoms with E-state index in [1.165, 1.54) is 11.5 Å². The van der Waals surface area contributed by atoms with E-state index in [4.69, 9.17) is 0 Å². The van der Waals surface area contributed by atoms with Gasteiger partial charge in [0.2, 0.25) is 15.2 Å². The highest BCUT2D eigenvalue weighted by Gasteiger charge is 2.23. The van der Waals surface area contributed by atoms with Gasteiger partial charge in [-0.3, -0.25) is 0 Å². The Hall–Kier alpha value is -0.730. The zero-order valence-electron chi connectivity index (χ0n) is 12.2. The molecule has 0 fully saturated rings. The summed E-state index contributed by atoms with van der Waals surface area (Å²) < 4.78 is 29.3. The van der Waals surface area contributed by atoms with Crippen molar-refractivity contribution in [3.05, 3.63) is 5.82 Å². The Morgan fingerprint density at radius 1 is 1.21 bits per heavy atom. The Morgan fingerprint density at radius 3 is 2.21 bits per heavy atom. The highest BCUT2D eigenvalue weighted by Crippen LogP contribution is 2.23. The van der Waals surface area contributed by atoms with Crippen molar-refractivity contribution in [1.82, 2.24) is 14.1 Å². The van der Waals surface area contributed by atoms with Gasteiger partial charge >= 0.3 is 0 Å². The molecule has 110 valence electrons. The molecule has 0 spiro atoms. The molecule has 0 saturated carbocycles. The van der Waals surface area contributed by atoms with Crippen LogP contribution in [-0.4, -0.2) is 36.1 Å². The Bertz CT molecular complexity index is 529. The molecule has 0 unspecified atom stereocenters. The van der Waals surface area contributed by atoms with E-state index in [1.54, 1.807) is 0 Å². The first-order valence-corrected chi connectivity index (χ1v) is 8.63. The molecule has 0 aliphatic carbocycles. The predicted molar refractivity (Wildman–Crippen MR) is 79.2 cm³/mol. The number of rotatable bonds is 5. The third-order valence-corrected chi connectivity index (χ3v) is 3.84. The van der Waals surface area contributed by atoms with Crippen molar-refractivity contribution in [3.63, 3.8) is 0 Å². The first-order valence-electron chi connectivity index (χ1n) is 5.96. The fraction of sp³-hybridized carbons (Fsp3) is 0.818. The molecule has 2 N–H and O–H groups in total. The Kier molecular flexibility index (Phi) is 4.58. The van der Waals surface area contributed by atoms with Crippen molar-refractivity contribution >= 4 is 26.7 Å². The fourth-order valence-electron chi connectivity index (χ4n) is 1.43. The van der Waals surface area contributed by atoms with Crippen LogP contribution in [0.25, 0.3) is 0 Å². The van der Waals surface area contributed by atoms with Crippen molar-refractivity contribution in [2.75, 3.05) is 18.1 Å². The molecule has 0 bridgehead atoms. The Balaban J connectivity index is 2.65. The minimum atomic E-state index is -3.23. The molecule has 0 saturated heterocycles. The second-order valence-corrected chi connectivity index (χ2v) is 8.79. The summed E-state index contributed by atoms with van der Waals surface area (Å²) in [7, 11) is -3.23. The highest BCUT2D eigenvalue weighted by atomic mass is 32.2. The summed E-state index contributed by atoms with van der Waals surface area (Å²) in [4.78, 5) is 4.40. The number of anilines is 1. The summed E-state index contributed by atoms with van der Waals surface area (Å²) in [5.74, 6) is 0.786. The first-order chi connectivity index (χ1) is 8.39. The maximum atomic E-state index is 11.2. The normalized spacial score (nSPS) is 13.6. The van der Waals surface area contributed by atoms with Crippen LogP contribution in [0.1, 0.15) is 40.4 Å². The molecule has 1 heterocycles. The van der Waals surface area contributed by atoms with Crippen LogP contribution in [0.4, 0.5) is 5.13 Å². The van der Waals surface area contributed by atoms with Crippen molar-refractivity contribution in [2.24, 2.45) is 0 Å². The molecule has 8 heteroatoms. The van der Waals surface area contributed by atoms with Crippen LogP contribution >= 0.6 is 11.5 Å². The molecule has 19 heavy (non-hydrogen) atoms. The number of hydrogen-bond acceptors (Lipinski definition) is 6.